The molecule has 0 aliphatic heterocycles. The Morgan fingerprint density at radius 1 is 1.29 bits per heavy atom. The number of rotatable bonds is 2. The van der Waals surface area contributed by atoms with Crippen molar-refractivity contribution in [2.24, 2.45) is 0 Å². The van der Waals surface area contributed by atoms with Crippen molar-refractivity contribution < 1.29 is 12.6 Å². The summed E-state index contributed by atoms with van der Waals surface area (Å²) in [6.45, 7) is 4.21. The van der Waals surface area contributed by atoms with Crippen molar-refractivity contribution in [3.8, 4) is 0 Å². The molecule has 0 heterocycles. The molecule has 0 amide bonds. The lowest BCUT2D eigenvalue weighted by molar-refractivity contribution is 0.178. The van der Waals surface area contributed by atoms with E-state index < -0.39 is 10.1 Å². The van der Waals surface area contributed by atoms with E-state index in [1.807, 2.05) is 0 Å². The second-order valence-electron chi connectivity index (χ2n) is 4.10. The van der Waals surface area contributed by atoms with Crippen LogP contribution in [-0.2, 0) is 14.3 Å². The first-order valence-electron chi connectivity index (χ1n) is 4.92. The van der Waals surface area contributed by atoms with E-state index in [1.165, 1.54) is 11.1 Å². The second-order valence-corrected chi connectivity index (χ2v) is 5.70. The molecule has 0 radical (unpaired) electrons. The molecule has 0 aromatic heterocycles. The Bertz CT molecular complexity index is 313. The van der Waals surface area contributed by atoms with Crippen LogP contribution < -0.4 is 0 Å². The van der Waals surface area contributed by atoms with E-state index in [9.17, 15) is 8.42 Å². The summed E-state index contributed by atoms with van der Waals surface area (Å²) in [4.78, 5) is 0. The Hall–Kier alpha value is -0.350. The number of hydrogen-bond donors (Lipinski definition) is 0. The summed E-state index contributed by atoms with van der Waals surface area (Å²) in [5, 5.41) is 0. The highest BCUT2D eigenvalue weighted by molar-refractivity contribution is 7.86. The van der Waals surface area contributed by atoms with Crippen LogP contribution in [0.3, 0.4) is 0 Å². The van der Waals surface area contributed by atoms with E-state index in [4.69, 9.17) is 4.18 Å². The predicted molar refractivity (Wildman–Crippen MR) is 56.6 cm³/mol. The topological polar surface area (TPSA) is 43.4 Å². The highest BCUT2D eigenvalue weighted by Gasteiger charge is 2.21. The summed E-state index contributed by atoms with van der Waals surface area (Å²) in [7, 11) is -3.28. The molecule has 1 saturated carbocycles. The van der Waals surface area contributed by atoms with Gasteiger partial charge < -0.3 is 0 Å². The van der Waals surface area contributed by atoms with Crippen LogP contribution in [-0.4, -0.2) is 20.8 Å². The molecule has 0 bridgehead atoms. The van der Waals surface area contributed by atoms with Crippen LogP contribution in [0.15, 0.2) is 11.1 Å². The fraction of sp³-hybridized carbons (Fsp3) is 0.800. The molecule has 0 aromatic carbocycles. The second kappa shape index (κ2) is 4.45. The average Bonchev–Trinajstić information content (AvgIpc) is 2.02. The van der Waals surface area contributed by atoms with Gasteiger partial charge in [0.2, 0.25) is 0 Å². The molecule has 3 nitrogen and oxygen atoms in total. The molecule has 4 heteroatoms. The van der Waals surface area contributed by atoms with Gasteiger partial charge in [-0.25, -0.2) is 0 Å². The van der Waals surface area contributed by atoms with E-state index in [0.717, 1.165) is 31.9 Å². The monoisotopic (exact) mass is 218 g/mol. The molecule has 0 N–H and O–H groups in total. The molecule has 0 atom stereocenters. The maximum atomic E-state index is 10.9. The largest absolute Gasteiger partial charge is 0.267 e. The van der Waals surface area contributed by atoms with Gasteiger partial charge in [0.15, 0.2) is 0 Å². The highest BCUT2D eigenvalue weighted by atomic mass is 32.2. The van der Waals surface area contributed by atoms with Gasteiger partial charge in [0, 0.05) is 0 Å². The minimum atomic E-state index is -3.28. The highest BCUT2D eigenvalue weighted by Crippen LogP contribution is 2.28. The van der Waals surface area contributed by atoms with E-state index >= 15 is 0 Å². The molecule has 1 aliphatic carbocycles. The van der Waals surface area contributed by atoms with Gasteiger partial charge in [0.05, 0.1) is 12.4 Å². The molecule has 1 fully saturated rings. The van der Waals surface area contributed by atoms with Crippen LogP contribution in [0.25, 0.3) is 0 Å². The zero-order valence-electron chi connectivity index (χ0n) is 9.04. The standard InChI is InChI=1S/C10H18O3S/c1-8(2)9-4-6-10(7-5-9)13-14(3,11)12/h10H,4-7H2,1-3H3. The summed E-state index contributed by atoms with van der Waals surface area (Å²) in [6.07, 6.45) is 4.61. The van der Waals surface area contributed by atoms with Crippen LogP contribution in [0, 0.1) is 0 Å². The Balaban J connectivity index is 2.48. The maximum Gasteiger partial charge on any atom is 0.264 e. The molecule has 14 heavy (non-hydrogen) atoms. The Labute approximate surface area is 86.3 Å². The molecule has 1 aliphatic rings. The summed E-state index contributed by atoms with van der Waals surface area (Å²) >= 11 is 0. The van der Waals surface area contributed by atoms with Gasteiger partial charge in [-0.3, -0.25) is 4.18 Å². The number of hydrogen-bond acceptors (Lipinski definition) is 3. The molecule has 0 spiro atoms. The molecular weight excluding hydrogens is 200 g/mol. The molecular formula is C10H18O3S. The Morgan fingerprint density at radius 2 is 1.79 bits per heavy atom. The lowest BCUT2D eigenvalue weighted by Crippen LogP contribution is -2.21. The SMILES string of the molecule is CC(C)=C1CCC(OS(C)(=O)=O)CC1. The molecule has 0 unspecified atom stereocenters. The lowest BCUT2D eigenvalue weighted by Gasteiger charge is -2.23. The van der Waals surface area contributed by atoms with E-state index in [0.29, 0.717) is 0 Å². The van der Waals surface area contributed by atoms with Crippen molar-refractivity contribution in [1.82, 2.24) is 0 Å². The van der Waals surface area contributed by atoms with Gasteiger partial charge in [0.25, 0.3) is 10.1 Å². The van der Waals surface area contributed by atoms with Crippen molar-refractivity contribution in [3.05, 3.63) is 11.1 Å². The number of allylic oxidation sites excluding steroid dienone is 2. The molecule has 0 aromatic rings. The van der Waals surface area contributed by atoms with Crippen LogP contribution in [0.4, 0.5) is 0 Å². The normalized spacial score (nSPS) is 23.6. The minimum absolute atomic E-state index is 0.104. The molecule has 82 valence electrons. The minimum Gasteiger partial charge on any atom is -0.267 e. The Morgan fingerprint density at radius 3 is 2.14 bits per heavy atom. The van der Waals surface area contributed by atoms with Gasteiger partial charge in [-0.05, 0) is 39.5 Å². The zero-order valence-corrected chi connectivity index (χ0v) is 9.86. The third kappa shape index (κ3) is 3.80. The summed E-state index contributed by atoms with van der Waals surface area (Å²) in [6, 6.07) is 0. The smallest absolute Gasteiger partial charge is 0.264 e. The van der Waals surface area contributed by atoms with Gasteiger partial charge in [-0.15, -0.1) is 0 Å². The quantitative estimate of drug-likeness (QED) is 0.527. The van der Waals surface area contributed by atoms with E-state index in [-0.39, 0.29) is 6.10 Å². The van der Waals surface area contributed by atoms with Crippen molar-refractivity contribution in [2.75, 3.05) is 6.26 Å². The van der Waals surface area contributed by atoms with Crippen molar-refractivity contribution in [3.63, 3.8) is 0 Å². The third-order valence-corrected chi connectivity index (χ3v) is 3.18. The Kier molecular flexibility index (Phi) is 3.72. The first-order chi connectivity index (χ1) is 6.38. The van der Waals surface area contributed by atoms with Gasteiger partial charge in [-0.1, -0.05) is 11.1 Å². The van der Waals surface area contributed by atoms with Crippen molar-refractivity contribution in [2.45, 2.75) is 45.6 Å². The summed E-state index contributed by atoms with van der Waals surface area (Å²) < 4.78 is 26.7. The molecule has 1 rings (SSSR count). The van der Waals surface area contributed by atoms with E-state index in [1.54, 1.807) is 0 Å². The summed E-state index contributed by atoms with van der Waals surface area (Å²) in [5.74, 6) is 0. The first-order valence-corrected chi connectivity index (χ1v) is 6.73. The van der Waals surface area contributed by atoms with Crippen molar-refractivity contribution in [1.29, 1.82) is 0 Å². The molecule has 0 saturated heterocycles. The van der Waals surface area contributed by atoms with Crippen LogP contribution in [0.5, 0.6) is 0 Å². The average molecular weight is 218 g/mol. The predicted octanol–water partition coefficient (Wildman–Crippen LogP) is 2.24. The fourth-order valence-electron chi connectivity index (χ4n) is 1.78. The van der Waals surface area contributed by atoms with Gasteiger partial charge in [0.1, 0.15) is 0 Å². The third-order valence-electron chi connectivity index (χ3n) is 2.55. The van der Waals surface area contributed by atoms with Crippen LogP contribution >= 0.6 is 0 Å². The maximum absolute atomic E-state index is 10.9. The zero-order chi connectivity index (χ0) is 10.8. The van der Waals surface area contributed by atoms with Crippen LogP contribution in [0.1, 0.15) is 39.5 Å². The van der Waals surface area contributed by atoms with Gasteiger partial charge >= 0.3 is 0 Å². The lowest BCUT2D eigenvalue weighted by atomic mass is 9.90. The van der Waals surface area contributed by atoms with Gasteiger partial charge in [-0.2, -0.15) is 8.42 Å². The van der Waals surface area contributed by atoms with Crippen LogP contribution in [0.2, 0.25) is 0 Å². The summed E-state index contributed by atoms with van der Waals surface area (Å²) in [5.41, 5.74) is 2.82. The van der Waals surface area contributed by atoms with E-state index in [2.05, 4.69) is 13.8 Å². The first kappa shape index (κ1) is 11.7. The van der Waals surface area contributed by atoms with Crippen molar-refractivity contribution >= 4 is 10.1 Å². The fourth-order valence-corrected chi connectivity index (χ4v) is 2.47.